The second kappa shape index (κ2) is 19.5. The van der Waals surface area contributed by atoms with Gasteiger partial charge in [-0.05, 0) is 100 Å². The van der Waals surface area contributed by atoms with Gasteiger partial charge in [-0.25, -0.2) is 18.2 Å². The van der Waals surface area contributed by atoms with Crippen LogP contribution in [-0.4, -0.2) is 116 Å². The Hall–Kier alpha value is -4.96. The van der Waals surface area contributed by atoms with Crippen LogP contribution in [0.4, 0.5) is 13.2 Å². The number of benzene rings is 3. The molecule has 3 amide bonds. The molecule has 1 N–H and O–H groups in total. The normalized spacial score (nSPS) is 23.5. The number of aliphatic hydroxyl groups excluding tert-OH is 1. The van der Waals surface area contributed by atoms with Crippen molar-refractivity contribution in [3.05, 3.63) is 99.7 Å². The molecule has 3 aromatic carbocycles. The van der Waals surface area contributed by atoms with Gasteiger partial charge in [-0.2, -0.15) is 0 Å². The van der Waals surface area contributed by atoms with Crippen LogP contribution in [0.25, 0.3) is 11.3 Å². The molecule has 1 aromatic heterocycles. The van der Waals surface area contributed by atoms with Crippen molar-refractivity contribution < 1.29 is 42.2 Å². The molecule has 17 heteroatoms. The van der Waals surface area contributed by atoms with Crippen molar-refractivity contribution in [3.63, 3.8) is 0 Å². The fourth-order valence-corrected chi connectivity index (χ4v) is 9.85. The van der Waals surface area contributed by atoms with E-state index in [-0.39, 0.29) is 29.4 Å². The van der Waals surface area contributed by atoms with Crippen LogP contribution in [0.5, 0.6) is 11.5 Å². The molecular formula is C48H55Cl2F3N6O6. The molecule has 3 heterocycles. The van der Waals surface area contributed by atoms with Gasteiger partial charge < -0.3 is 34.0 Å². The first-order valence-corrected chi connectivity index (χ1v) is 22.6. The van der Waals surface area contributed by atoms with Gasteiger partial charge in [0.15, 0.2) is 5.78 Å². The number of ketones is 1. The molecule has 7 rings (SSSR count). The second-order valence-electron chi connectivity index (χ2n) is 18.2. The van der Waals surface area contributed by atoms with Crippen LogP contribution in [-0.2, 0) is 45.7 Å². The number of halogens is 5. The number of ether oxygens (including phenoxy) is 1. The predicted molar refractivity (Wildman–Crippen MR) is 240 cm³/mol. The van der Waals surface area contributed by atoms with Gasteiger partial charge in [-0.15, -0.1) is 0 Å². The monoisotopic (exact) mass is 938 g/mol. The number of nitrogens with zero attached hydrogens (tertiary/aromatic N) is 6. The SMILES string of the molecule is C[C@H]1C(=O)C[C@@H](CO)C(=O)N(C)[C@@]2(Cc3ccc(Cl)cc3)CCCN(C2)C(=O)[C@H](C2CC(F)(F)C2)CC(=O)N1Cc1c(F)cc(Cl)cc1Oc1ccc(-c2cnc(CN(C)C)n2C)cc1. The Kier molecular flexibility index (Phi) is 14.4. The van der Waals surface area contributed by atoms with E-state index in [1.165, 1.54) is 17.9 Å². The lowest BCUT2D eigenvalue weighted by atomic mass is 9.70. The number of aromatic nitrogens is 2. The molecule has 0 spiro atoms. The molecule has 0 unspecified atom stereocenters. The largest absolute Gasteiger partial charge is 0.457 e. The van der Waals surface area contributed by atoms with Crippen LogP contribution < -0.4 is 4.74 Å². The van der Waals surface area contributed by atoms with Gasteiger partial charge in [-0.1, -0.05) is 35.3 Å². The molecule has 1 aliphatic carbocycles. The van der Waals surface area contributed by atoms with E-state index in [9.17, 15) is 33.1 Å². The summed E-state index contributed by atoms with van der Waals surface area (Å²) in [6.07, 6.45) is 0.771. The number of amides is 3. The highest BCUT2D eigenvalue weighted by atomic mass is 35.5. The third-order valence-electron chi connectivity index (χ3n) is 13.4. The van der Waals surface area contributed by atoms with E-state index in [1.807, 2.05) is 54.9 Å². The Morgan fingerprint density at radius 1 is 0.938 bits per heavy atom. The minimum absolute atomic E-state index is 0.00343. The molecule has 2 bridgehead atoms. The lowest BCUT2D eigenvalue weighted by Crippen LogP contribution is -2.63. The van der Waals surface area contributed by atoms with Crippen LogP contribution in [0.15, 0.2) is 66.9 Å². The molecule has 2 saturated heterocycles. The Balaban J connectivity index is 1.23. The summed E-state index contributed by atoms with van der Waals surface area (Å²) < 4.78 is 53.6. The van der Waals surface area contributed by atoms with Crippen LogP contribution in [0.3, 0.4) is 0 Å². The first-order chi connectivity index (χ1) is 30.8. The summed E-state index contributed by atoms with van der Waals surface area (Å²) in [4.78, 5) is 69.1. The number of imidazole rings is 1. The molecule has 348 valence electrons. The standard InChI is InChI=1S/C48H55Cl2F3N6O6/c1-29-41(61)17-32(27-60)45(63)57(5)47(21-30-7-11-34(49)12-8-30)15-6-16-58(28-47)46(64)37(33-22-48(52,53)23-33)20-44(62)59(29)25-38-39(51)18-35(50)19-42(38)65-36-13-9-31(10-14-36)40-24-54-43(56(40)4)26-55(2)3/h7-14,18-19,24,29,32-33,37,60H,6,15-17,20-23,25-28H2,1-5H3/t29-,32-,37-,47+/m0/s1. The topological polar surface area (TPSA) is 129 Å². The van der Waals surface area contributed by atoms with E-state index in [4.69, 9.17) is 27.9 Å². The summed E-state index contributed by atoms with van der Waals surface area (Å²) in [5.41, 5.74) is 1.38. The number of likely N-dealkylation sites (N-methyl/N-ethyl adjacent to an activating group) is 1. The van der Waals surface area contributed by atoms with Gasteiger partial charge in [0.05, 0.1) is 55.0 Å². The lowest BCUT2D eigenvalue weighted by molar-refractivity contribution is -0.164. The summed E-state index contributed by atoms with van der Waals surface area (Å²) in [6, 6.07) is 15.2. The van der Waals surface area contributed by atoms with E-state index in [0.717, 1.165) is 33.6 Å². The van der Waals surface area contributed by atoms with E-state index in [0.29, 0.717) is 36.6 Å². The van der Waals surface area contributed by atoms with Crippen molar-refractivity contribution >= 4 is 46.7 Å². The molecule has 2 aliphatic heterocycles. The number of fused-ring (bicyclic) bond motifs is 2. The number of rotatable bonds is 11. The third kappa shape index (κ3) is 10.5. The Morgan fingerprint density at radius 3 is 2.28 bits per heavy atom. The van der Waals surface area contributed by atoms with E-state index in [2.05, 4.69) is 4.98 Å². The molecule has 65 heavy (non-hydrogen) atoms. The zero-order valence-corrected chi connectivity index (χ0v) is 38.7. The summed E-state index contributed by atoms with van der Waals surface area (Å²) >= 11 is 12.6. The molecule has 3 fully saturated rings. The van der Waals surface area contributed by atoms with Crippen LogP contribution in [0.2, 0.25) is 10.0 Å². The maximum Gasteiger partial charge on any atom is 0.248 e. The van der Waals surface area contributed by atoms with Crippen molar-refractivity contribution in [1.29, 1.82) is 0 Å². The summed E-state index contributed by atoms with van der Waals surface area (Å²) in [5, 5.41) is 11.2. The lowest BCUT2D eigenvalue weighted by Gasteiger charge is -2.51. The number of aliphatic hydroxyl groups is 1. The van der Waals surface area contributed by atoms with Crippen LogP contribution >= 0.6 is 23.2 Å². The van der Waals surface area contributed by atoms with Gasteiger partial charge in [0.25, 0.3) is 0 Å². The smallest absolute Gasteiger partial charge is 0.248 e. The molecule has 4 atom stereocenters. The number of hydrogen-bond acceptors (Lipinski definition) is 8. The fraction of sp³-hybridized carbons (Fsp3) is 0.479. The molecule has 1 saturated carbocycles. The molecule has 4 aromatic rings. The zero-order valence-electron chi connectivity index (χ0n) is 37.2. The highest BCUT2D eigenvalue weighted by Gasteiger charge is 2.53. The fourth-order valence-electron chi connectivity index (χ4n) is 9.53. The maximum absolute atomic E-state index is 16.2. The summed E-state index contributed by atoms with van der Waals surface area (Å²) in [7, 11) is 7.42. The number of carbonyl (C=O) groups excluding carboxylic acids is 4. The molecular weight excluding hydrogens is 884 g/mol. The molecule has 0 radical (unpaired) electrons. The number of carbonyl (C=O) groups is 4. The maximum atomic E-state index is 16.2. The van der Waals surface area contributed by atoms with Crippen molar-refractivity contribution in [3.8, 4) is 22.8 Å². The molecule has 12 nitrogen and oxygen atoms in total. The number of hydrogen-bond donors (Lipinski definition) is 1. The van der Waals surface area contributed by atoms with E-state index >= 15 is 4.39 Å². The quantitative estimate of drug-likeness (QED) is 0.162. The zero-order chi connectivity index (χ0) is 47.0. The van der Waals surface area contributed by atoms with E-state index in [1.54, 1.807) is 42.4 Å². The molecule has 3 aliphatic rings. The van der Waals surface area contributed by atoms with Gasteiger partial charge in [0.2, 0.25) is 23.6 Å². The average molecular weight is 940 g/mol. The number of piperidine rings is 1. The minimum atomic E-state index is -3.02. The van der Waals surface area contributed by atoms with E-state index < -0.39 is 103 Å². The predicted octanol–water partition coefficient (Wildman–Crippen LogP) is 7.80. The van der Waals surface area contributed by atoms with Crippen LogP contribution in [0, 0.1) is 23.6 Å². The summed E-state index contributed by atoms with van der Waals surface area (Å²) in [6.45, 7) is 1.12. The minimum Gasteiger partial charge on any atom is -0.457 e. The Labute approximate surface area is 387 Å². The third-order valence-corrected chi connectivity index (χ3v) is 13.9. The number of Topliss-reactive ketones (excluding diaryl/α,β-unsaturated/α-hetero) is 1. The first kappa shape index (κ1) is 48.0. The first-order valence-electron chi connectivity index (χ1n) is 21.8. The van der Waals surface area contributed by atoms with Gasteiger partial charge in [0, 0.05) is 74.0 Å². The highest BCUT2D eigenvalue weighted by molar-refractivity contribution is 6.31. The van der Waals surface area contributed by atoms with Gasteiger partial charge in [-0.3, -0.25) is 19.2 Å². The van der Waals surface area contributed by atoms with Crippen molar-refractivity contribution in [2.45, 2.75) is 82.5 Å². The van der Waals surface area contributed by atoms with Crippen LogP contribution in [0.1, 0.15) is 62.4 Å². The van der Waals surface area contributed by atoms with Gasteiger partial charge in [0.1, 0.15) is 23.1 Å². The Morgan fingerprint density at radius 2 is 1.63 bits per heavy atom. The Bertz CT molecular complexity index is 2410. The second-order valence-corrected chi connectivity index (χ2v) is 19.1. The summed E-state index contributed by atoms with van der Waals surface area (Å²) in [5.74, 6) is -8.42. The van der Waals surface area contributed by atoms with Crippen molar-refractivity contribution in [2.24, 2.45) is 24.8 Å². The number of alkyl halides is 2. The highest BCUT2D eigenvalue weighted by Crippen LogP contribution is 2.48. The van der Waals surface area contributed by atoms with Crippen molar-refractivity contribution in [2.75, 3.05) is 40.8 Å². The van der Waals surface area contributed by atoms with Gasteiger partial charge >= 0.3 is 0 Å². The van der Waals surface area contributed by atoms with Crippen molar-refractivity contribution in [1.82, 2.24) is 29.2 Å². The average Bonchev–Trinajstić information content (AvgIpc) is 3.61.